The summed E-state index contributed by atoms with van der Waals surface area (Å²) in [6.07, 6.45) is 0.518. The van der Waals surface area contributed by atoms with Crippen LogP contribution in [0.2, 0.25) is 0 Å². The van der Waals surface area contributed by atoms with E-state index in [2.05, 4.69) is 57.4 Å². The van der Waals surface area contributed by atoms with Crippen LogP contribution in [0.4, 0.5) is 6.01 Å². The van der Waals surface area contributed by atoms with Gasteiger partial charge in [0.2, 0.25) is 5.89 Å². The Labute approximate surface area is 164 Å². The fourth-order valence-electron chi connectivity index (χ4n) is 2.32. The van der Waals surface area contributed by atoms with E-state index >= 15 is 0 Å². The molecular weight excluding hydrogens is 414 g/mol. The van der Waals surface area contributed by atoms with Crippen molar-refractivity contribution in [2.45, 2.75) is 30.4 Å². The standard InChI is InChI=1S/C19H18BrN3O2S/c1-12(2)26-14-9-7-13(8-10-14)11-17-22-23-19(25-17)21-18(24)15-5-3-4-6-16(15)20/h3-10,12H,11H2,1-2H3,(H,21,23,24). The van der Waals surface area contributed by atoms with E-state index in [9.17, 15) is 4.79 Å². The number of anilines is 1. The second-order valence-corrected chi connectivity index (χ2v) is 8.43. The molecule has 0 radical (unpaired) electrons. The number of nitrogens with one attached hydrogen (secondary N) is 1. The monoisotopic (exact) mass is 431 g/mol. The molecule has 0 saturated carbocycles. The minimum Gasteiger partial charge on any atom is -0.407 e. The highest BCUT2D eigenvalue weighted by Crippen LogP contribution is 2.24. The molecule has 0 aliphatic carbocycles. The number of aromatic nitrogens is 2. The summed E-state index contributed by atoms with van der Waals surface area (Å²) in [5, 5.41) is 11.1. The topological polar surface area (TPSA) is 68.0 Å². The van der Waals surface area contributed by atoms with Crippen molar-refractivity contribution < 1.29 is 9.21 Å². The number of hydrogen-bond acceptors (Lipinski definition) is 5. The summed E-state index contributed by atoms with van der Waals surface area (Å²) in [4.78, 5) is 13.5. The van der Waals surface area contributed by atoms with E-state index in [4.69, 9.17) is 4.42 Å². The highest BCUT2D eigenvalue weighted by atomic mass is 79.9. The van der Waals surface area contributed by atoms with Crippen LogP contribution < -0.4 is 5.32 Å². The van der Waals surface area contributed by atoms with Crippen LogP contribution in [0.5, 0.6) is 0 Å². The Morgan fingerprint density at radius 2 is 1.88 bits per heavy atom. The predicted molar refractivity (Wildman–Crippen MR) is 107 cm³/mol. The number of benzene rings is 2. The average molecular weight is 432 g/mol. The summed E-state index contributed by atoms with van der Waals surface area (Å²) < 4.78 is 6.24. The Bertz CT molecular complexity index is 894. The van der Waals surface area contributed by atoms with Gasteiger partial charge in [-0.15, -0.1) is 16.9 Å². The van der Waals surface area contributed by atoms with Crippen molar-refractivity contribution in [1.29, 1.82) is 0 Å². The van der Waals surface area contributed by atoms with Crippen LogP contribution in [-0.2, 0) is 6.42 Å². The maximum absolute atomic E-state index is 12.3. The third-order valence-corrected chi connectivity index (χ3v) is 5.16. The fourth-order valence-corrected chi connectivity index (χ4v) is 3.62. The molecular formula is C19H18BrN3O2S. The highest BCUT2D eigenvalue weighted by Gasteiger charge is 2.14. The predicted octanol–water partition coefficient (Wildman–Crippen LogP) is 5.18. The molecule has 0 aliphatic heterocycles. The number of nitrogens with zero attached hydrogens (tertiary/aromatic N) is 2. The summed E-state index contributed by atoms with van der Waals surface area (Å²) in [5.74, 6) is 0.152. The van der Waals surface area contributed by atoms with Crippen molar-refractivity contribution in [3.8, 4) is 0 Å². The SMILES string of the molecule is CC(C)Sc1ccc(Cc2nnc(NC(=O)c3ccccc3Br)o2)cc1. The fraction of sp³-hybridized carbons (Fsp3) is 0.211. The van der Waals surface area contributed by atoms with Crippen LogP contribution in [-0.4, -0.2) is 21.4 Å². The molecule has 5 nitrogen and oxygen atoms in total. The zero-order valence-electron chi connectivity index (χ0n) is 14.4. The summed E-state index contributed by atoms with van der Waals surface area (Å²) in [6.45, 7) is 4.33. The lowest BCUT2D eigenvalue weighted by Crippen LogP contribution is -2.12. The van der Waals surface area contributed by atoms with E-state index in [0.717, 1.165) is 5.56 Å². The highest BCUT2D eigenvalue weighted by molar-refractivity contribution is 9.10. The van der Waals surface area contributed by atoms with Crippen LogP contribution in [0.25, 0.3) is 0 Å². The third-order valence-electron chi connectivity index (χ3n) is 3.46. The maximum atomic E-state index is 12.3. The Balaban J connectivity index is 1.63. The van der Waals surface area contributed by atoms with Gasteiger partial charge in [0, 0.05) is 14.6 Å². The molecule has 1 amide bonds. The van der Waals surface area contributed by atoms with Gasteiger partial charge in [0.05, 0.1) is 12.0 Å². The van der Waals surface area contributed by atoms with E-state index in [0.29, 0.717) is 27.6 Å². The number of carbonyl (C=O) groups excluding carboxylic acids is 1. The van der Waals surface area contributed by atoms with E-state index in [1.54, 1.807) is 18.2 Å². The molecule has 0 saturated heterocycles. The van der Waals surface area contributed by atoms with Gasteiger partial charge in [0.15, 0.2) is 0 Å². The number of hydrogen-bond donors (Lipinski definition) is 1. The zero-order chi connectivity index (χ0) is 18.5. The van der Waals surface area contributed by atoms with Gasteiger partial charge >= 0.3 is 6.01 Å². The van der Waals surface area contributed by atoms with Gasteiger partial charge in [-0.1, -0.05) is 43.2 Å². The number of thioether (sulfide) groups is 1. The molecule has 0 fully saturated rings. The van der Waals surface area contributed by atoms with Crippen molar-refractivity contribution >= 4 is 39.6 Å². The van der Waals surface area contributed by atoms with E-state index in [1.807, 2.05) is 30.0 Å². The molecule has 0 spiro atoms. The third kappa shape index (κ3) is 4.95. The minimum absolute atomic E-state index is 0.0905. The molecule has 7 heteroatoms. The normalized spacial score (nSPS) is 10.9. The van der Waals surface area contributed by atoms with E-state index in [1.165, 1.54) is 4.90 Å². The molecule has 1 N–H and O–H groups in total. The molecule has 0 atom stereocenters. The Morgan fingerprint density at radius 1 is 1.15 bits per heavy atom. The van der Waals surface area contributed by atoms with Crippen molar-refractivity contribution in [3.63, 3.8) is 0 Å². The molecule has 1 heterocycles. The van der Waals surface area contributed by atoms with Crippen LogP contribution in [0.3, 0.4) is 0 Å². The van der Waals surface area contributed by atoms with Crippen molar-refractivity contribution in [2.75, 3.05) is 5.32 Å². The summed E-state index contributed by atoms with van der Waals surface area (Å²) in [5.41, 5.74) is 1.58. The van der Waals surface area contributed by atoms with Gasteiger partial charge < -0.3 is 4.42 Å². The first kappa shape index (κ1) is 18.7. The smallest absolute Gasteiger partial charge is 0.322 e. The second kappa shape index (κ2) is 8.51. The van der Waals surface area contributed by atoms with E-state index in [-0.39, 0.29) is 11.9 Å². The number of halogens is 1. The molecule has 3 aromatic rings. The Hall–Kier alpha value is -2.12. The summed E-state index contributed by atoms with van der Waals surface area (Å²) in [6, 6.07) is 15.5. The van der Waals surface area contributed by atoms with Gasteiger partial charge in [-0.2, -0.15) is 0 Å². The molecule has 0 unspecified atom stereocenters. The van der Waals surface area contributed by atoms with Crippen molar-refractivity contribution in [1.82, 2.24) is 10.2 Å². The van der Waals surface area contributed by atoms with Gasteiger partial charge in [0.1, 0.15) is 0 Å². The molecule has 0 bridgehead atoms. The molecule has 26 heavy (non-hydrogen) atoms. The van der Waals surface area contributed by atoms with Crippen LogP contribution in [0, 0.1) is 0 Å². The van der Waals surface area contributed by atoms with Gasteiger partial charge in [-0.3, -0.25) is 10.1 Å². The lowest BCUT2D eigenvalue weighted by Gasteiger charge is -2.05. The van der Waals surface area contributed by atoms with Gasteiger partial charge in [0.25, 0.3) is 5.91 Å². The molecule has 134 valence electrons. The summed E-state index contributed by atoms with van der Waals surface area (Å²) in [7, 11) is 0. The van der Waals surface area contributed by atoms with Gasteiger partial charge in [-0.25, -0.2) is 0 Å². The molecule has 0 aliphatic rings. The van der Waals surface area contributed by atoms with Crippen LogP contribution in [0.15, 0.2) is 62.3 Å². The first-order valence-electron chi connectivity index (χ1n) is 8.15. The molecule has 2 aromatic carbocycles. The first-order chi connectivity index (χ1) is 12.5. The lowest BCUT2D eigenvalue weighted by molar-refractivity contribution is 0.102. The largest absolute Gasteiger partial charge is 0.407 e. The quantitative estimate of drug-likeness (QED) is 0.544. The lowest BCUT2D eigenvalue weighted by atomic mass is 10.1. The van der Waals surface area contributed by atoms with Crippen molar-refractivity contribution in [2.24, 2.45) is 0 Å². The molecule has 1 aromatic heterocycles. The Morgan fingerprint density at radius 3 is 2.58 bits per heavy atom. The minimum atomic E-state index is -0.303. The zero-order valence-corrected chi connectivity index (χ0v) is 16.8. The molecule has 3 rings (SSSR count). The van der Waals surface area contributed by atoms with Crippen LogP contribution >= 0.6 is 27.7 Å². The maximum Gasteiger partial charge on any atom is 0.322 e. The Kier molecular flexibility index (Phi) is 6.11. The van der Waals surface area contributed by atoms with E-state index < -0.39 is 0 Å². The number of carbonyl (C=O) groups is 1. The van der Waals surface area contributed by atoms with Crippen LogP contribution in [0.1, 0.15) is 35.7 Å². The number of rotatable bonds is 6. The second-order valence-electron chi connectivity index (χ2n) is 5.92. The number of amides is 1. The van der Waals surface area contributed by atoms with Gasteiger partial charge in [-0.05, 0) is 45.8 Å². The summed E-state index contributed by atoms with van der Waals surface area (Å²) >= 11 is 5.17. The average Bonchev–Trinajstić information content (AvgIpc) is 3.03. The first-order valence-corrected chi connectivity index (χ1v) is 9.82. The van der Waals surface area contributed by atoms with Crippen molar-refractivity contribution in [3.05, 3.63) is 70.0 Å².